The lowest BCUT2D eigenvalue weighted by atomic mass is 10.2. The Labute approximate surface area is 109 Å². The Kier molecular flexibility index (Phi) is 3.43. The zero-order valence-electron chi connectivity index (χ0n) is 9.14. The van der Waals surface area contributed by atoms with Crippen LogP contribution in [0.2, 0.25) is 0 Å². The lowest BCUT2D eigenvalue weighted by Crippen LogP contribution is -2.03. The molecule has 1 aromatic carbocycles. The van der Waals surface area contributed by atoms with Crippen molar-refractivity contribution in [3.8, 4) is 10.9 Å². The van der Waals surface area contributed by atoms with E-state index < -0.39 is 17.7 Å². The molecule has 0 radical (unpaired) electrons. The molecule has 0 aliphatic carbocycles. The van der Waals surface area contributed by atoms with E-state index in [4.69, 9.17) is 9.84 Å². The van der Waals surface area contributed by atoms with Gasteiger partial charge in [-0.05, 0) is 24.3 Å². The minimum absolute atomic E-state index is 0.0121. The van der Waals surface area contributed by atoms with Gasteiger partial charge >= 0.3 is 12.1 Å². The molecular formula is C11H6F3NO3S. The lowest BCUT2D eigenvalue weighted by molar-refractivity contribution is -0.137. The van der Waals surface area contributed by atoms with Gasteiger partial charge in [0.25, 0.3) is 5.19 Å². The molecule has 19 heavy (non-hydrogen) atoms. The lowest BCUT2D eigenvalue weighted by Gasteiger charge is -2.07. The van der Waals surface area contributed by atoms with Crippen LogP contribution < -0.4 is 4.74 Å². The van der Waals surface area contributed by atoms with Crippen LogP contribution >= 0.6 is 11.3 Å². The number of rotatable bonds is 3. The molecule has 1 N–H and O–H groups in total. The Morgan fingerprint density at radius 2 is 1.89 bits per heavy atom. The molecule has 0 aliphatic heterocycles. The third-order valence-corrected chi connectivity index (χ3v) is 2.95. The number of thiazole rings is 1. The summed E-state index contributed by atoms with van der Waals surface area (Å²) < 4.78 is 42.1. The number of aromatic carboxylic acids is 1. The second kappa shape index (κ2) is 4.88. The fraction of sp³-hybridized carbons (Fsp3) is 0.0909. The molecule has 0 saturated carbocycles. The summed E-state index contributed by atoms with van der Waals surface area (Å²) in [5, 5.41) is 8.73. The van der Waals surface area contributed by atoms with E-state index in [2.05, 4.69) is 4.98 Å². The van der Waals surface area contributed by atoms with Crippen molar-refractivity contribution >= 4 is 17.3 Å². The molecular weight excluding hydrogens is 283 g/mol. The van der Waals surface area contributed by atoms with Crippen molar-refractivity contribution in [3.63, 3.8) is 0 Å². The smallest absolute Gasteiger partial charge is 0.416 e. The number of ether oxygens (including phenoxy) is 1. The first-order valence-corrected chi connectivity index (χ1v) is 5.72. The highest BCUT2D eigenvalue weighted by molar-refractivity contribution is 7.15. The van der Waals surface area contributed by atoms with E-state index in [1.54, 1.807) is 0 Å². The summed E-state index contributed by atoms with van der Waals surface area (Å²) >= 11 is 0.790. The number of carboxylic acid groups (broad SMARTS) is 1. The fourth-order valence-electron chi connectivity index (χ4n) is 1.22. The molecule has 100 valence electrons. The number of hydrogen-bond acceptors (Lipinski definition) is 4. The maximum absolute atomic E-state index is 12.3. The first-order valence-electron chi connectivity index (χ1n) is 4.90. The largest absolute Gasteiger partial charge is 0.477 e. The van der Waals surface area contributed by atoms with E-state index in [1.165, 1.54) is 0 Å². The Morgan fingerprint density at radius 3 is 2.37 bits per heavy atom. The fourth-order valence-corrected chi connectivity index (χ4v) is 1.84. The molecule has 0 atom stereocenters. The number of alkyl halides is 3. The molecule has 1 aromatic heterocycles. The first kappa shape index (κ1) is 13.3. The van der Waals surface area contributed by atoms with Crippen LogP contribution in [-0.4, -0.2) is 16.1 Å². The van der Waals surface area contributed by atoms with Gasteiger partial charge < -0.3 is 9.84 Å². The molecule has 2 aromatic rings. The van der Waals surface area contributed by atoms with Crippen molar-refractivity contribution in [2.75, 3.05) is 0 Å². The van der Waals surface area contributed by atoms with Crippen LogP contribution in [-0.2, 0) is 6.18 Å². The van der Waals surface area contributed by atoms with Crippen LogP contribution in [0.4, 0.5) is 13.2 Å². The molecule has 4 nitrogen and oxygen atoms in total. The summed E-state index contributed by atoms with van der Waals surface area (Å²) in [6, 6.07) is 4.04. The van der Waals surface area contributed by atoms with Gasteiger partial charge in [-0.15, -0.1) is 0 Å². The zero-order valence-corrected chi connectivity index (χ0v) is 9.96. The molecule has 0 bridgehead atoms. The molecule has 0 spiro atoms. The van der Waals surface area contributed by atoms with Gasteiger partial charge in [0.2, 0.25) is 0 Å². The second-order valence-electron chi connectivity index (χ2n) is 3.42. The Balaban J connectivity index is 2.13. The average molecular weight is 289 g/mol. The van der Waals surface area contributed by atoms with E-state index in [9.17, 15) is 18.0 Å². The molecule has 0 amide bonds. The van der Waals surface area contributed by atoms with Crippen LogP contribution in [0.1, 0.15) is 15.2 Å². The van der Waals surface area contributed by atoms with Gasteiger partial charge in [0, 0.05) is 0 Å². The minimum Gasteiger partial charge on any atom is -0.477 e. The van der Waals surface area contributed by atoms with Crippen molar-refractivity contribution in [1.29, 1.82) is 0 Å². The summed E-state index contributed by atoms with van der Waals surface area (Å²) in [7, 11) is 0. The van der Waals surface area contributed by atoms with Crippen LogP contribution in [0.3, 0.4) is 0 Å². The molecule has 1 heterocycles. The highest BCUT2D eigenvalue weighted by Crippen LogP contribution is 2.32. The Hall–Kier alpha value is -2.09. The standard InChI is InChI=1S/C11H6F3NO3S/c12-11(13,14)6-1-3-7(4-2-6)18-10-15-5-8(19-10)9(16)17/h1-5H,(H,16,17). The van der Waals surface area contributed by atoms with Crippen LogP contribution in [0, 0.1) is 0 Å². The van der Waals surface area contributed by atoms with Crippen LogP contribution in [0.5, 0.6) is 10.9 Å². The van der Waals surface area contributed by atoms with Gasteiger partial charge in [-0.2, -0.15) is 13.2 Å². The van der Waals surface area contributed by atoms with Crippen molar-refractivity contribution < 1.29 is 27.8 Å². The summed E-state index contributed by atoms with van der Waals surface area (Å²) in [4.78, 5) is 14.3. The number of nitrogens with zero attached hydrogens (tertiary/aromatic N) is 1. The predicted octanol–water partition coefficient (Wildman–Crippen LogP) is 3.65. The van der Waals surface area contributed by atoms with Gasteiger partial charge in [-0.3, -0.25) is 0 Å². The van der Waals surface area contributed by atoms with Crippen molar-refractivity contribution in [2.45, 2.75) is 6.18 Å². The summed E-state index contributed by atoms with van der Waals surface area (Å²) in [6.07, 6.45) is -3.29. The topological polar surface area (TPSA) is 59.4 Å². The maximum atomic E-state index is 12.3. The summed E-state index contributed by atoms with van der Waals surface area (Å²) in [5.41, 5.74) is -0.787. The van der Waals surface area contributed by atoms with Crippen molar-refractivity contribution in [1.82, 2.24) is 4.98 Å². The third-order valence-electron chi connectivity index (χ3n) is 2.08. The number of hydrogen-bond donors (Lipinski definition) is 1. The van der Waals surface area contributed by atoms with E-state index in [0.717, 1.165) is 41.8 Å². The molecule has 2 rings (SSSR count). The quantitative estimate of drug-likeness (QED) is 0.937. The zero-order chi connectivity index (χ0) is 14.0. The molecule has 0 fully saturated rings. The average Bonchev–Trinajstić information content (AvgIpc) is 2.77. The van der Waals surface area contributed by atoms with Crippen LogP contribution in [0.25, 0.3) is 0 Å². The van der Waals surface area contributed by atoms with E-state index in [0.29, 0.717) is 0 Å². The second-order valence-corrected chi connectivity index (χ2v) is 4.41. The Bertz CT molecular complexity index is 592. The minimum atomic E-state index is -4.41. The highest BCUT2D eigenvalue weighted by atomic mass is 32.1. The molecule has 8 heteroatoms. The Morgan fingerprint density at radius 1 is 1.26 bits per heavy atom. The normalized spacial score (nSPS) is 11.3. The van der Waals surface area contributed by atoms with Gasteiger partial charge in [-0.25, -0.2) is 9.78 Å². The van der Waals surface area contributed by atoms with Gasteiger partial charge in [0.05, 0.1) is 11.8 Å². The van der Waals surface area contributed by atoms with Crippen LogP contribution in [0.15, 0.2) is 30.5 Å². The predicted molar refractivity (Wildman–Crippen MR) is 60.6 cm³/mol. The SMILES string of the molecule is O=C(O)c1cnc(Oc2ccc(C(F)(F)F)cc2)s1. The van der Waals surface area contributed by atoms with Gasteiger partial charge in [0.1, 0.15) is 10.6 Å². The number of halogens is 3. The van der Waals surface area contributed by atoms with E-state index >= 15 is 0 Å². The van der Waals surface area contributed by atoms with Crippen molar-refractivity contribution in [3.05, 3.63) is 40.9 Å². The van der Waals surface area contributed by atoms with Crippen molar-refractivity contribution in [2.24, 2.45) is 0 Å². The van der Waals surface area contributed by atoms with Gasteiger partial charge in [-0.1, -0.05) is 11.3 Å². The molecule has 0 saturated heterocycles. The number of benzene rings is 1. The van der Waals surface area contributed by atoms with E-state index in [1.807, 2.05) is 0 Å². The summed E-state index contributed by atoms with van der Waals surface area (Å²) in [6.45, 7) is 0. The maximum Gasteiger partial charge on any atom is 0.416 e. The van der Waals surface area contributed by atoms with E-state index in [-0.39, 0.29) is 15.8 Å². The molecule has 0 aliphatic rings. The van der Waals surface area contributed by atoms with Gasteiger partial charge in [0.15, 0.2) is 0 Å². The summed E-state index contributed by atoms with van der Waals surface area (Å²) in [5.74, 6) is -0.987. The number of aromatic nitrogens is 1. The third kappa shape index (κ3) is 3.22. The highest BCUT2D eigenvalue weighted by Gasteiger charge is 2.30. The first-order chi connectivity index (χ1) is 8.86. The monoisotopic (exact) mass is 289 g/mol. The number of carbonyl (C=O) groups is 1. The number of carboxylic acids is 1. The molecule has 0 unspecified atom stereocenters.